The van der Waals surface area contributed by atoms with Crippen LogP contribution < -0.4 is 9.47 Å². The van der Waals surface area contributed by atoms with Crippen molar-refractivity contribution in [2.75, 3.05) is 27.4 Å². The highest BCUT2D eigenvalue weighted by molar-refractivity contribution is 5.45. The molecule has 2 aromatic rings. The standard InChI is InChI=1S/C14H19N5O2/c1-10-15-16-17-19(10)12(6-7-18(2)3)11-4-5-13-14(8-11)21-9-20-13/h4-5,8,12H,6-7,9H2,1-3H3. The second-order valence-corrected chi connectivity index (χ2v) is 5.39. The lowest BCUT2D eigenvalue weighted by molar-refractivity contribution is 0.174. The van der Waals surface area contributed by atoms with Crippen LogP contribution in [0, 0.1) is 6.92 Å². The number of ether oxygens (including phenoxy) is 2. The maximum absolute atomic E-state index is 5.47. The number of hydrogen-bond acceptors (Lipinski definition) is 6. The van der Waals surface area contributed by atoms with Crippen molar-refractivity contribution in [3.8, 4) is 11.5 Å². The molecule has 1 atom stereocenters. The molecule has 0 N–H and O–H groups in total. The number of fused-ring (bicyclic) bond motifs is 1. The predicted molar refractivity (Wildman–Crippen MR) is 76.4 cm³/mol. The van der Waals surface area contributed by atoms with Crippen LogP contribution in [-0.4, -0.2) is 52.5 Å². The summed E-state index contributed by atoms with van der Waals surface area (Å²) < 4.78 is 12.7. The third-order valence-electron chi connectivity index (χ3n) is 3.58. The van der Waals surface area contributed by atoms with Gasteiger partial charge < -0.3 is 14.4 Å². The zero-order valence-electron chi connectivity index (χ0n) is 12.5. The first-order valence-corrected chi connectivity index (χ1v) is 6.94. The highest BCUT2D eigenvalue weighted by Crippen LogP contribution is 2.35. The van der Waals surface area contributed by atoms with Crippen molar-refractivity contribution in [3.63, 3.8) is 0 Å². The predicted octanol–water partition coefficient (Wildman–Crippen LogP) is 1.25. The first kappa shape index (κ1) is 13.8. The Morgan fingerprint density at radius 2 is 2.10 bits per heavy atom. The molecule has 7 nitrogen and oxygen atoms in total. The van der Waals surface area contributed by atoms with Crippen molar-refractivity contribution in [2.24, 2.45) is 0 Å². The lowest BCUT2D eigenvalue weighted by Crippen LogP contribution is -2.21. The van der Waals surface area contributed by atoms with Gasteiger partial charge in [0.15, 0.2) is 11.5 Å². The van der Waals surface area contributed by atoms with Crippen LogP contribution in [-0.2, 0) is 0 Å². The minimum atomic E-state index is 0.0805. The molecular formula is C14H19N5O2. The minimum Gasteiger partial charge on any atom is -0.454 e. The van der Waals surface area contributed by atoms with E-state index < -0.39 is 0 Å². The number of aromatic nitrogens is 4. The third-order valence-corrected chi connectivity index (χ3v) is 3.58. The zero-order valence-corrected chi connectivity index (χ0v) is 12.5. The number of aryl methyl sites for hydroxylation is 1. The number of benzene rings is 1. The fraction of sp³-hybridized carbons (Fsp3) is 0.500. The van der Waals surface area contributed by atoms with Crippen molar-refractivity contribution < 1.29 is 9.47 Å². The van der Waals surface area contributed by atoms with E-state index in [9.17, 15) is 0 Å². The van der Waals surface area contributed by atoms with Gasteiger partial charge in [-0.05, 0) is 62.1 Å². The van der Waals surface area contributed by atoms with Crippen molar-refractivity contribution >= 4 is 0 Å². The summed E-state index contributed by atoms with van der Waals surface area (Å²) in [7, 11) is 4.12. The molecule has 21 heavy (non-hydrogen) atoms. The Labute approximate surface area is 123 Å². The van der Waals surface area contributed by atoms with Gasteiger partial charge >= 0.3 is 0 Å². The molecule has 1 aliphatic heterocycles. The summed E-state index contributed by atoms with van der Waals surface area (Å²) in [6.45, 7) is 3.14. The Morgan fingerprint density at radius 3 is 2.81 bits per heavy atom. The summed E-state index contributed by atoms with van der Waals surface area (Å²) >= 11 is 0. The molecule has 0 aliphatic carbocycles. The number of rotatable bonds is 5. The molecular weight excluding hydrogens is 270 g/mol. The van der Waals surface area contributed by atoms with Crippen molar-refractivity contribution in [3.05, 3.63) is 29.6 Å². The van der Waals surface area contributed by atoms with Gasteiger partial charge in [0, 0.05) is 0 Å². The van der Waals surface area contributed by atoms with Crippen molar-refractivity contribution in [2.45, 2.75) is 19.4 Å². The molecule has 1 aliphatic rings. The van der Waals surface area contributed by atoms with Gasteiger partial charge in [-0.1, -0.05) is 6.07 Å². The van der Waals surface area contributed by atoms with E-state index in [0.717, 1.165) is 35.9 Å². The maximum atomic E-state index is 5.47. The lowest BCUT2D eigenvalue weighted by Gasteiger charge is -2.20. The topological polar surface area (TPSA) is 65.3 Å². The highest BCUT2D eigenvalue weighted by atomic mass is 16.7. The molecule has 0 bridgehead atoms. The Bertz CT molecular complexity index is 626. The summed E-state index contributed by atoms with van der Waals surface area (Å²) in [6.07, 6.45) is 0.915. The molecule has 1 unspecified atom stereocenters. The van der Waals surface area contributed by atoms with Crippen LogP contribution in [0.5, 0.6) is 11.5 Å². The summed E-state index contributed by atoms with van der Waals surface area (Å²) in [5.74, 6) is 2.38. The molecule has 112 valence electrons. The molecule has 2 heterocycles. The molecule has 0 radical (unpaired) electrons. The van der Waals surface area contributed by atoms with E-state index in [1.165, 1.54) is 0 Å². The monoisotopic (exact) mass is 289 g/mol. The lowest BCUT2D eigenvalue weighted by atomic mass is 10.0. The Kier molecular flexibility index (Phi) is 3.74. The molecule has 0 saturated carbocycles. The van der Waals surface area contributed by atoms with E-state index in [1.807, 2.05) is 23.7 Å². The average Bonchev–Trinajstić information content (AvgIpc) is 3.07. The van der Waals surface area contributed by atoms with Crippen molar-refractivity contribution in [1.82, 2.24) is 25.1 Å². The third kappa shape index (κ3) is 2.82. The van der Waals surface area contributed by atoms with Crippen LogP contribution in [0.4, 0.5) is 0 Å². The smallest absolute Gasteiger partial charge is 0.231 e. The van der Waals surface area contributed by atoms with Gasteiger partial charge in [0.25, 0.3) is 0 Å². The first-order chi connectivity index (χ1) is 10.1. The van der Waals surface area contributed by atoms with E-state index in [2.05, 4.69) is 40.6 Å². The van der Waals surface area contributed by atoms with Crippen LogP contribution in [0.1, 0.15) is 23.9 Å². The van der Waals surface area contributed by atoms with Crippen molar-refractivity contribution in [1.29, 1.82) is 0 Å². The fourth-order valence-corrected chi connectivity index (χ4v) is 2.46. The Balaban J connectivity index is 1.93. The van der Waals surface area contributed by atoms with Gasteiger partial charge in [0.1, 0.15) is 5.82 Å². The van der Waals surface area contributed by atoms with E-state index in [0.29, 0.717) is 0 Å². The van der Waals surface area contributed by atoms with Gasteiger partial charge in [0.2, 0.25) is 6.79 Å². The fourth-order valence-electron chi connectivity index (χ4n) is 2.46. The van der Waals surface area contributed by atoms with Crippen LogP contribution in [0.15, 0.2) is 18.2 Å². The normalized spacial score (nSPS) is 14.7. The second kappa shape index (κ2) is 5.69. The zero-order chi connectivity index (χ0) is 14.8. The maximum Gasteiger partial charge on any atom is 0.231 e. The summed E-state index contributed by atoms with van der Waals surface area (Å²) in [4.78, 5) is 2.15. The SMILES string of the molecule is Cc1nnnn1C(CCN(C)C)c1ccc2c(c1)OCO2. The van der Waals surface area contributed by atoms with E-state index in [4.69, 9.17) is 9.47 Å². The number of tetrazole rings is 1. The molecule has 0 saturated heterocycles. The average molecular weight is 289 g/mol. The molecule has 0 amide bonds. The number of hydrogen-bond donors (Lipinski definition) is 0. The molecule has 7 heteroatoms. The molecule has 0 spiro atoms. The van der Waals surface area contributed by atoms with Gasteiger partial charge in [-0.2, -0.15) is 0 Å². The van der Waals surface area contributed by atoms with Crippen LogP contribution in [0.2, 0.25) is 0 Å². The summed E-state index contributed by atoms with van der Waals surface area (Å²) in [5.41, 5.74) is 1.12. The Morgan fingerprint density at radius 1 is 1.29 bits per heavy atom. The van der Waals surface area contributed by atoms with E-state index >= 15 is 0 Å². The van der Waals surface area contributed by atoms with E-state index in [-0.39, 0.29) is 12.8 Å². The van der Waals surface area contributed by atoms with Gasteiger partial charge in [0.05, 0.1) is 6.04 Å². The molecule has 1 aromatic heterocycles. The minimum absolute atomic E-state index is 0.0805. The Hall–Kier alpha value is -2.15. The number of nitrogens with zero attached hydrogens (tertiary/aromatic N) is 5. The largest absolute Gasteiger partial charge is 0.454 e. The van der Waals surface area contributed by atoms with Crippen LogP contribution >= 0.6 is 0 Å². The molecule has 0 fully saturated rings. The summed E-state index contributed by atoms with van der Waals surface area (Å²) in [5, 5.41) is 11.9. The molecule has 3 rings (SSSR count). The first-order valence-electron chi connectivity index (χ1n) is 6.94. The van der Waals surface area contributed by atoms with Gasteiger partial charge in [-0.15, -0.1) is 5.10 Å². The molecule has 1 aromatic carbocycles. The van der Waals surface area contributed by atoms with Crippen LogP contribution in [0.25, 0.3) is 0 Å². The van der Waals surface area contributed by atoms with Gasteiger partial charge in [-0.3, -0.25) is 0 Å². The second-order valence-electron chi connectivity index (χ2n) is 5.39. The summed E-state index contributed by atoms with van der Waals surface area (Å²) in [6, 6.07) is 6.09. The highest BCUT2D eigenvalue weighted by Gasteiger charge is 2.21. The van der Waals surface area contributed by atoms with Crippen LogP contribution in [0.3, 0.4) is 0 Å². The van der Waals surface area contributed by atoms with Gasteiger partial charge in [-0.25, -0.2) is 4.68 Å². The quantitative estimate of drug-likeness (QED) is 0.825. The van der Waals surface area contributed by atoms with E-state index in [1.54, 1.807) is 0 Å².